The van der Waals surface area contributed by atoms with Crippen molar-refractivity contribution in [1.29, 1.82) is 0 Å². The minimum absolute atomic E-state index is 0.737. The largest absolute Gasteiger partial charge is 0.237 e. The summed E-state index contributed by atoms with van der Waals surface area (Å²) < 4.78 is 1.88. The fourth-order valence-electron chi connectivity index (χ4n) is 1.25. The summed E-state index contributed by atoms with van der Waals surface area (Å²) in [6.45, 7) is 0. The molecule has 4 heteroatoms. The Morgan fingerprint density at radius 1 is 1.21 bits per heavy atom. The average Bonchev–Trinajstić information content (AvgIpc) is 2.67. The summed E-state index contributed by atoms with van der Waals surface area (Å²) in [6, 6.07) is 9.58. The van der Waals surface area contributed by atoms with E-state index in [-0.39, 0.29) is 0 Å². The highest BCUT2D eigenvalue weighted by molar-refractivity contribution is 9.08. The second-order valence-corrected chi connectivity index (χ2v) is 3.84. The molecule has 0 aliphatic carbocycles. The van der Waals surface area contributed by atoms with Gasteiger partial charge in [0.25, 0.3) is 0 Å². The molecule has 0 atom stereocenters. The molecule has 0 N–H and O–H groups in total. The van der Waals surface area contributed by atoms with Gasteiger partial charge in [0.1, 0.15) is 0 Å². The topological polar surface area (TPSA) is 17.8 Å². The molecule has 0 saturated heterocycles. The molecule has 0 bridgehead atoms. The molecular weight excluding hydrogens is 263 g/mol. The van der Waals surface area contributed by atoms with E-state index in [4.69, 9.17) is 11.6 Å². The van der Waals surface area contributed by atoms with Crippen LogP contribution in [0.1, 0.15) is 5.69 Å². The van der Waals surface area contributed by atoms with Crippen LogP contribution >= 0.6 is 27.5 Å². The van der Waals surface area contributed by atoms with Crippen LogP contribution in [-0.4, -0.2) is 9.78 Å². The van der Waals surface area contributed by atoms with E-state index in [1.165, 1.54) is 0 Å². The van der Waals surface area contributed by atoms with Gasteiger partial charge in [0, 0.05) is 16.5 Å². The molecule has 14 heavy (non-hydrogen) atoms. The quantitative estimate of drug-likeness (QED) is 0.765. The summed E-state index contributed by atoms with van der Waals surface area (Å²) in [6.07, 6.45) is 1.78. The number of hydrogen-bond acceptors (Lipinski definition) is 1. The lowest BCUT2D eigenvalue weighted by Crippen LogP contribution is -1.99. The summed E-state index contributed by atoms with van der Waals surface area (Å²) in [5.41, 5.74) is 2.14. The number of nitrogens with zero attached hydrogens (tertiary/aromatic N) is 2. The van der Waals surface area contributed by atoms with Crippen molar-refractivity contribution in [1.82, 2.24) is 9.78 Å². The Morgan fingerprint density at radius 3 is 2.57 bits per heavy atom. The van der Waals surface area contributed by atoms with Crippen molar-refractivity contribution in [2.24, 2.45) is 0 Å². The molecule has 72 valence electrons. The Balaban J connectivity index is 2.44. The van der Waals surface area contributed by atoms with E-state index >= 15 is 0 Å². The predicted octanol–water partition coefficient (Wildman–Crippen LogP) is 3.42. The molecule has 1 heterocycles. The van der Waals surface area contributed by atoms with Gasteiger partial charge in [-0.2, -0.15) is 5.10 Å². The second-order valence-electron chi connectivity index (χ2n) is 2.84. The van der Waals surface area contributed by atoms with E-state index in [0.717, 1.165) is 21.7 Å². The van der Waals surface area contributed by atoms with Crippen molar-refractivity contribution < 1.29 is 0 Å². The van der Waals surface area contributed by atoms with Gasteiger partial charge in [-0.1, -0.05) is 27.5 Å². The normalized spacial score (nSPS) is 10.4. The van der Waals surface area contributed by atoms with Crippen LogP contribution < -0.4 is 0 Å². The van der Waals surface area contributed by atoms with Crippen LogP contribution in [0, 0.1) is 0 Å². The molecule has 0 radical (unpaired) electrons. The summed E-state index contributed by atoms with van der Waals surface area (Å²) >= 11 is 9.22. The standard InChI is InChI=1S/C10H8BrClN2/c11-7-10-5-6-13-14(10)9-3-1-8(12)2-4-9/h1-6H,7H2. The van der Waals surface area contributed by atoms with E-state index in [1.54, 1.807) is 6.20 Å². The zero-order chi connectivity index (χ0) is 9.97. The van der Waals surface area contributed by atoms with Crippen molar-refractivity contribution in [3.8, 4) is 5.69 Å². The van der Waals surface area contributed by atoms with Gasteiger partial charge >= 0.3 is 0 Å². The molecule has 2 nitrogen and oxygen atoms in total. The third-order valence-electron chi connectivity index (χ3n) is 1.93. The van der Waals surface area contributed by atoms with Crippen molar-refractivity contribution >= 4 is 27.5 Å². The first-order chi connectivity index (χ1) is 6.81. The highest BCUT2D eigenvalue weighted by atomic mass is 79.9. The predicted molar refractivity (Wildman–Crippen MR) is 61.2 cm³/mol. The van der Waals surface area contributed by atoms with E-state index in [1.807, 2.05) is 35.0 Å². The minimum atomic E-state index is 0.737. The van der Waals surface area contributed by atoms with E-state index in [0.29, 0.717) is 0 Å². The molecule has 2 aromatic rings. The molecule has 1 aromatic carbocycles. The highest BCUT2D eigenvalue weighted by Gasteiger charge is 2.02. The number of alkyl halides is 1. The molecule has 0 amide bonds. The molecule has 0 aliphatic heterocycles. The summed E-state index contributed by atoms with van der Waals surface area (Å²) in [5, 5.41) is 5.76. The Hall–Kier alpha value is -0.800. The SMILES string of the molecule is Clc1ccc(-n2nccc2CBr)cc1. The highest BCUT2D eigenvalue weighted by Crippen LogP contribution is 2.15. The van der Waals surface area contributed by atoms with Crippen LogP contribution in [0.3, 0.4) is 0 Å². The zero-order valence-corrected chi connectivity index (χ0v) is 9.66. The van der Waals surface area contributed by atoms with Gasteiger partial charge in [-0.3, -0.25) is 0 Å². The first-order valence-corrected chi connectivity index (χ1v) is 5.66. The second kappa shape index (κ2) is 4.15. The number of aromatic nitrogens is 2. The average molecular weight is 272 g/mol. The molecule has 0 spiro atoms. The van der Waals surface area contributed by atoms with Gasteiger partial charge in [0.05, 0.1) is 11.4 Å². The maximum atomic E-state index is 5.81. The summed E-state index contributed by atoms with van der Waals surface area (Å²) in [7, 11) is 0. The lowest BCUT2D eigenvalue weighted by molar-refractivity contribution is 0.843. The number of rotatable bonds is 2. The van der Waals surface area contributed by atoms with Crippen LogP contribution in [0.15, 0.2) is 36.5 Å². The molecule has 0 aliphatic rings. The lowest BCUT2D eigenvalue weighted by atomic mass is 10.3. The van der Waals surface area contributed by atoms with Crippen molar-refractivity contribution in [2.75, 3.05) is 0 Å². The Labute approximate surface area is 95.6 Å². The van der Waals surface area contributed by atoms with Gasteiger partial charge in [0.15, 0.2) is 0 Å². The van der Waals surface area contributed by atoms with Gasteiger partial charge in [-0.05, 0) is 30.3 Å². The third kappa shape index (κ3) is 1.83. The first-order valence-electron chi connectivity index (χ1n) is 4.16. The zero-order valence-electron chi connectivity index (χ0n) is 7.32. The first kappa shape index (κ1) is 9.74. The molecule has 0 fully saturated rings. The Kier molecular flexibility index (Phi) is 2.89. The van der Waals surface area contributed by atoms with Crippen LogP contribution in [0.25, 0.3) is 5.69 Å². The van der Waals surface area contributed by atoms with Gasteiger partial charge in [0.2, 0.25) is 0 Å². The van der Waals surface area contributed by atoms with Crippen molar-refractivity contribution in [3.63, 3.8) is 0 Å². The van der Waals surface area contributed by atoms with Crippen molar-refractivity contribution in [3.05, 3.63) is 47.2 Å². The van der Waals surface area contributed by atoms with Crippen LogP contribution in [0.5, 0.6) is 0 Å². The van der Waals surface area contributed by atoms with Crippen LogP contribution in [0.4, 0.5) is 0 Å². The maximum Gasteiger partial charge on any atom is 0.0650 e. The van der Waals surface area contributed by atoms with Gasteiger partial charge < -0.3 is 0 Å². The molecule has 1 aromatic heterocycles. The smallest absolute Gasteiger partial charge is 0.0650 e. The lowest BCUT2D eigenvalue weighted by Gasteiger charge is -2.04. The Morgan fingerprint density at radius 2 is 1.93 bits per heavy atom. The molecule has 2 rings (SSSR count). The van der Waals surface area contributed by atoms with E-state index in [2.05, 4.69) is 21.0 Å². The summed E-state index contributed by atoms with van der Waals surface area (Å²) in [4.78, 5) is 0. The number of hydrogen-bond donors (Lipinski definition) is 0. The Bertz CT molecular complexity index is 422. The fraction of sp³-hybridized carbons (Fsp3) is 0.100. The maximum absolute atomic E-state index is 5.81. The van der Waals surface area contributed by atoms with E-state index in [9.17, 15) is 0 Å². The summed E-state index contributed by atoms with van der Waals surface area (Å²) in [5.74, 6) is 0. The number of benzene rings is 1. The van der Waals surface area contributed by atoms with Crippen molar-refractivity contribution in [2.45, 2.75) is 5.33 Å². The monoisotopic (exact) mass is 270 g/mol. The third-order valence-corrected chi connectivity index (χ3v) is 2.76. The molecular formula is C10H8BrClN2. The molecule has 0 saturated carbocycles. The van der Waals surface area contributed by atoms with Gasteiger partial charge in [-0.25, -0.2) is 4.68 Å². The van der Waals surface area contributed by atoms with Gasteiger partial charge in [-0.15, -0.1) is 0 Å². The fourth-order valence-corrected chi connectivity index (χ4v) is 1.80. The number of halogens is 2. The minimum Gasteiger partial charge on any atom is -0.237 e. The van der Waals surface area contributed by atoms with Crippen LogP contribution in [0.2, 0.25) is 5.02 Å². The van der Waals surface area contributed by atoms with Crippen LogP contribution in [-0.2, 0) is 5.33 Å². The van der Waals surface area contributed by atoms with E-state index < -0.39 is 0 Å². The molecule has 0 unspecified atom stereocenters.